The molecule has 0 amide bonds. The Labute approximate surface area is 135 Å². The summed E-state index contributed by atoms with van der Waals surface area (Å²) in [6, 6.07) is 0. The van der Waals surface area contributed by atoms with Crippen molar-refractivity contribution in [3.63, 3.8) is 0 Å². The number of hydrogen-bond donors (Lipinski definition) is 0. The van der Waals surface area contributed by atoms with Crippen LogP contribution in [0.1, 0.15) is 0 Å². The van der Waals surface area contributed by atoms with Crippen LogP contribution in [0.2, 0.25) is 0 Å². The van der Waals surface area contributed by atoms with E-state index in [1.165, 1.54) is 0 Å². The molecule has 1 aromatic rings. The first-order valence-corrected chi connectivity index (χ1v) is 4.06. The van der Waals surface area contributed by atoms with Gasteiger partial charge in [0, 0.05) is 24.8 Å². The van der Waals surface area contributed by atoms with Crippen LogP contribution in [0.3, 0.4) is 0 Å². The zero-order valence-electron chi connectivity index (χ0n) is 10.4. The maximum atomic E-state index is 10.1. The number of rotatable bonds is 6. The molecule has 0 saturated carbocycles. The Bertz CT molecular complexity index is 274. The largest absolute Gasteiger partial charge is 1.00 e. The van der Waals surface area contributed by atoms with Crippen molar-refractivity contribution in [2.75, 3.05) is 0 Å². The van der Waals surface area contributed by atoms with Gasteiger partial charge in [-0.1, -0.05) is 0 Å². The van der Waals surface area contributed by atoms with Crippen molar-refractivity contribution in [2.45, 2.75) is 0 Å². The summed E-state index contributed by atoms with van der Waals surface area (Å²) in [5.74, 6) is 0. The maximum Gasteiger partial charge on any atom is 1.00 e. The SMILES string of the molecule is O=BOB([O-])OB([O-])OB=O.[Li+].[Li+].c1cnccn1. The molecule has 1 rings (SSSR count). The van der Waals surface area contributed by atoms with Crippen molar-refractivity contribution in [3.8, 4) is 0 Å². The van der Waals surface area contributed by atoms with Crippen LogP contribution in [-0.2, 0) is 23.1 Å². The van der Waals surface area contributed by atoms with Crippen molar-refractivity contribution < 1.29 is 70.9 Å². The molecular formula is C4H4B4Li2N2O7. The molecule has 1 heterocycles. The molecular weight excluding hydrogens is 245 g/mol. The van der Waals surface area contributed by atoms with Gasteiger partial charge in [0.2, 0.25) is 0 Å². The topological polar surface area (TPSA) is 134 Å². The molecule has 1 aromatic heterocycles. The van der Waals surface area contributed by atoms with E-state index in [1.807, 2.05) is 0 Å². The van der Waals surface area contributed by atoms with Crippen molar-refractivity contribution in [1.82, 2.24) is 9.97 Å². The van der Waals surface area contributed by atoms with Crippen molar-refractivity contribution in [2.24, 2.45) is 0 Å². The van der Waals surface area contributed by atoms with Crippen molar-refractivity contribution >= 4 is 29.3 Å². The third-order valence-electron chi connectivity index (χ3n) is 1.03. The molecule has 0 aromatic carbocycles. The fourth-order valence-electron chi connectivity index (χ4n) is 0.499. The summed E-state index contributed by atoms with van der Waals surface area (Å²) < 4.78 is 29.8. The average Bonchev–Trinajstić information content (AvgIpc) is 2.32. The van der Waals surface area contributed by atoms with Crippen LogP contribution in [0.15, 0.2) is 24.8 Å². The van der Waals surface area contributed by atoms with Crippen LogP contribution in [0, 0.1) is 0 Å². The number of hydrogen-bond acceptors (Lipinski definition) is 9. The predicted octanol–water partition coefficient (Wildman–Crippen LogP) is -9.86. The Kier molecular flexibility index (Phi) is 22.0. The van der Waals surface area contributed by atoms with Crippen LogP contribution in [0.4, 0.5) is 0 Å². The Morgan fingerprint density at radius 1 is 0.842 bits per heavy atom. The quantitative estimate of drug-likeness (QED) is 0.450. The molecule has 0 spiro atoms. The second kappa shape index (κ2) is 17.6. The summed E-state index contributed by atoms with van der Waals surface area (Å²) in [5, 5.41) is 20.3. The molecule has 0 saturated heterocycles. The molecule has 19 heavy (non-hydrogen) atoms. The zero-order valence-corrected chi connectivity index (χ0v) is 10.4. The van der Waals surface area contributed by atoms with E-state index >= 15 is 0 Å². The summed E-state index contributed by atoms with van der Waals surface area (Å²) in [7, 11) is -4.92. The normalized spacial score (nSPS) is 6.84. The summed E-state index contributed by atoms with van der Waals surface area (Å²) in [5.41, 5.74) is 0. The average molecular weight is 249 g/mol. The minimum Gasteiger partial charge on any atom is -0.262 e. The van der Waals surface area contributed by atoms with Crippen LogP contribution in [0.25, 0.3) is 0 Å². The standard InChI is InChI=1S/C4H4N2.B4O7.2Li/c1-2-6-4-3-5-1;5-1-9-3(7)11-4(8)10-2-6;;/h1-4H;;;/q;-2;2*+1. The first-order chi connectivity index (χ1) is 8.20. The van der Waals surface area contributed by atoms with Gasteiger partial charge in [-0.25, -0.2) is 0 Å². The molecule has 0 unspecified atom stereocenters. The summed E-state index contributed by atoms with van der Waals surface area (Å²) in [4.78, 5) is 7.44. The molecule has 9 nitrogen and oxygen atoms in total. The fourth-order valence-corrected chi connectivity index (χ4v) is 0.499. The van der Waals surface area contributed by atoms with E-state index < -0.39 is 14.6 Å². The Morgan fingerprint density at radius 2 is 1.16 bits per heavy atom. The van der Waals surface area contributed by atoms with Gasteiger partial charge in [0.1, 0.15) is 0 Å². The zero-order chi connectivity index (χ0) is 12.9. The van der Waals surface area contributed by atoms with Gasteiger partial charge in [0.15, 0.2) is 0 Å². The van der Waals surface area contributed by atoms with Crippen LogP contribution in [-0.4, -0.2) is 39.3 Å². The van der Waals surface area contributed by atoms with E-state index in [4.69, 9.17) is 0 Å². The van der Waals surface area contributed by atoms with Gasteiger partial charge in [-0.05, 0) is 0 Å². The Hall–Kier alpha value is -0.385. The van der Waals surface area contributed by atoms with Crippen molar-refractivity contribution in [3.05, 3.63) is 24.8 Å². The van der Waals surface area contributed by atoms with E-state index in [9.17, 15) is 19.5 Å². The van der Waals surface area contributed by atoms with Gasteiger partial charge < -0.3 is 0 Å². The van der Waals surface area contributed by atoms with E-state index in [0.29, 0.717) is 0 Å². The smallest absolute Gasteiger partial charge is 0.262 e. The van der Waals surface area contributed by atoms with Gasteiger partial charge >= 0.3 is 100 Å². The third kappa shape index (κ3) is 17.6. The molecule has 15 heteroatoms. The summed E-state index contributed by atoms with van der Waals surface area (Å²) in [6.07, 6.45) is 6.56. The van der Waals surface area contributed by atoms with Gasteiger partial charge in [-0.15, -0.1) is 0 Å². The monoisotopic (exact) mass is 250 g/mol. The van der Waals surface area contributed by atoms with Crippen LogP contribution < -0.4 is 47.8 Å². The summed E-state index contributed by atoms with van der Waals surface area (Å²) in [6.45, 7) is 0. The molecule has 0 bridgehead atoms. The summed E-state index contributed by atoms with van der Waals surface area (Å²) >= 11 is 0. The van der Waals surface area contributed by atoms with Crippen molar-refractivity contribution in [1.29, 1.82) is 0 Å². The molecule has 0 aliphatic heterocycles. The van der Waals surface area contributed by atoms with Gasteiger partial charge in [-0.2, -0.15) is 0 Å². The Balaban J connectivity index is -0.000000274. The predicted molar refractivity (Wildman–Crippen MR) is 49.7 cm³/mol. The first kappa shape index (κ1) is 23.7. The fraction of sp³-hybridized carbons (Fsp3) is 0. The minimum atomic E-state index is -2.27. The number of aromatic nitrogens is 2. The van der Waals surface area contributed by atoms with Gasteiger partial charge in [-0.3, -0.25) is 9.97 Å². The molecule has 0 aliphatic carbocycles. The maximum absolute atomic E-state index is 10.1. The third-order valence-corrected chi connectivity index (χ3v) is 1.03. The number of nitrogens with zero attached hydrogens (tertiary/aromatic N) is 2. The molecule has 0 radical (unpaired) electrons. The van der Waals surface area contributed by atoms with E-state index in [-0.39, 0.29) is 52.4 Å². The Morgan fingerprint density at radius 3 is 1.37 bits per heavy atom. The molecule has 0 fully saturated rings. The molecule has 86 valence electrons. The van der Waals surface area contributed by atoms with Crippen LogP contribution >= 0.6 is 0 Å². The first-order valence-electron chi connectivity index (χ1n) is 4.06. The minimum absolute atomic E-state index is 0. The second-order valence-corrected chi connectivity index (χ2v) is 2.07. The van der Waals surface area contributed by atoms with Gasteiger partial charge in [0.25, 0.3) is 0 Å². The van der Waals surface area contributed by atoms with Gasteiger partial charge in [0.05, 0.1) is 0 Å². The molecule has 0 atom stereocenters. The van der Waals surface area contributed by atoms with E-state index in [1.54, 1.807) is 24.8 Å². The second-order valence-electron chi connectivity index (χ2n) is 2.07. The van der Waals surface area contributed by atoms with E-state index in [0.717, 1.165) is 0 Å². The molecule has 0 N–H and O–H groups in total. The van der Waals surface area contributed by atoms with E-state index in [2.05, 4.69) is 23.7 Å². The molecule has 0 aliphatic rings. The van der Waals surface area contributed by atoms with Crippen LogP contribution in [0.5, 0.6) is 0 Å².